The molecule has 1 aromatic rings. The Balaban J connectivity index is 1.90. The molecule has 8 heteroatoms. The standard InChI is InChI=1S/C32H49O7P/c1-7-11-24(12-8-2)21-37-40(35,36)39-32(16-10-17-32)31(34)38-29-20-25(13-9-3)19-28(33)30(29)27-18-23(6)14-15-26(27)22(4)5/h18-20,24,26-27,33H,4,7-17,21H2,1-3,5-6H3,(H,35,36)/t26-,27+/m0/s1. The highest BCUT2D eigenvalue weighted by Crippen LogP contribution is 2.54. The van der Waals surface area contributed by atoms with Crippen LogP contribution in [0, 0.1) is 11.8 Å². The normalized spacial score (nSPS) is 21.8. The van der Waals surface area contributed by atoms with Crippen LogP contribution < -0.4 is 4.74 Å². The van der Waals surface area contributed by atoms with Crippen molar-refractivity contribution in [3.05, 3.63) is 47.1 Å². The number of phenols is 1. The summed E-state index contributed by atoms with van der Waals surface area (Å²) < 4.78 is 30.0. The second-order valence-corrected chi connectivity index (χ2v) is 13.2. The van der Waals surface area contributed by atoms with Crippen LogP contribution in [0.3, 0.4) is 0 Å². The second kappa shape index (κ2) is 14.3. The average molecular weight is 577 g/mol. The molecule has 7 nitrogen and oxygen atoms in total. The fraction of sp³-hybridized carbons (Fsp3) is 0.656. The van der Waals surface area contributed by atoms with Crippen molar-refractivity contribution in [2.24, 2.45) is 11.8 Å². The third-order valence-corrected chi connectivity index (χ3v) is 9.38. The van der Waals surface area contributed by atoms with Gasteiger partial charge in [0.15, 0.2) is 5.60 Å². The first-order valence-corrected chi connectivity index (χ1v) is 16.5. The van der Waals surface area contributed by atoms with Crippen molar-refractivity contribution in [2.75, 3.05) is 6.61 Å². The Hall–Kier alpha value is -1.92. The van der Waals surface area contributed by atoms with Gasteiger partial charge < -0.3 is 14.7 Å². The molecule has 1 fully saturated rings. The molecule has 0 spiro atoms. The number of hydrogen-bond donors (Lipinski definition) is 2. The number of hydrogen-bond acceptors (Lipinski definition) is 6. The highest BCUT2D eigenvalue weighted by atomic mass is 31.2. The van der Waals surface area contributed by atoms with Crippen molar-refractivity contribution in [3.8, 4) is 11.5 Å². The van der Waals surface area contributed by atoms with Crippen LogP contribution in [0.2, 0.25) is 0 Å². The number of phosphoric ester groups is 1. The molecular weight excluding hydrogens is 527 g/mol. The Morgan fingerprint density at radius 1 is 1.18 bits per heavy atom. The lowest BCUT2D eigenvalue weighted by atomic mass is 9.73. The van der Waals surface area contributed by atoms with Gasteiger partial charge in [-0.05, 0) is 94.7 Å². The highest BCUT2D eigenvalue weighted by molar-refractivity contribution is 7.47. The summed E-state index contributed by atoms with van der Waals surface area (Å²) in [6, 6.07) is 3.56. The van der Waals surface area contributed by atoms with Gasteiger partial charge in [0.05, 0.1) is 6.61 Å². The van der Waals surface area contributed by atoms with Gasteiger partial charge in [-0.2, -0.15) is 0 Å². The Bertz CT molecular complexity index is 1110. The first kappa shape index (κ1) is 32.6. The lowest BCUT2D eigenvalue weighted by molar-refractivity contribution is -0.163. The van der Waals surface area contributed by atoms with Crippen molar-refractivity contribution >= 4 is 13.8 Å². The van der Waals surface area contributed by atoms with Gasteiger partial charge in [-0.3, -0.25) is 9.05 Å². The van der Waals surface area contributed by atoms with E-state index in [0.29, 0.717) is 18.4 Å². The van der Waals surface area contributed by atoms with Crippen LogP contribution in [0.4, 0.5) is 0 Å². The van der Waals surface area contributed by atoms with E-state index in [4.69, 9.17) is 13.8 Å². The number of aryl methyl sites for hydroxylation is 1. The molecular formula is C32H49O7P. The molecule has 0 aromatic heterocycles. The van der Waals surface area contributed by atoms with Crippen molar-refractivity contribution in [1.29, 1.82) is 0 Å². The summed E-state index contributed by atoms with van der Waals surface area (Å²) in [5, 5.41) is 11.2. The van der Waals surface area contributed by atoms with Gasteiger partial charge in [-0.25, -0.2) is 9.36 Å². The summed E-state index contributed by atoms with van der Waals surface area (Å²) in [6.45, 7) is 14.5. The molecule has 0 aliphatic heterocycles. The van der Waals surface area contributed by atoms with E-state index < -0.39 is 19.4 Å². The van der Waals surface area contributed by atoms with Gasteiger partial charge in [-0.1, -0.05) is 63.8 Å². The smallest absolute Gasteiger partial charge is 0.473 e. The van der Waals surface area contributed by atoms with Crippen LogP contribution in [-0.4, -0.2) is 28.2 Å². The van der Waals surface area contributed by atoms with Crippen molar-refractivity contribution in [3.63, 3.8) is 0 Å². The summed E-state index contributed by atoms with van der Waals surface area (Å²) in [5.41, 5.74) is 2.05. The maximum absolute atomic E-state index is 13.7. The third kappa shape index (κ3) is 8.09. The minimum Gasteiger partial charge on any atom is -0.507 e. The summed E-state index contributed by atoms with van der Waals surface area (Å²) in [5.74, 6) is -0.345. The molecule has 0 amide bonds. The predicted octanol–water partition coefficient (Wildman–Crippen LogP) is 8.54. The summed E-state index contributed by atoms with van der Waals surface area (Å²) in [4.78, 5) is 24.3. The largest absolute Gasteiger partial charge is 0.507 e. The topological polar surface area (TPSA) is 102 Å². The number of carbonyl (C=O) groups excluding carboxylic acids is 1. The fourth-order valence-electron chi connectivity index (χ4n) is 6.02. The molecule has 0 radical (unpaired) electrons. The number of esters is 1. The number of ether oxygens (including phenoxy) is 1. The van der Waals surface area contributed by atoms with Crippen LogP contribution >= 0.6 is 7.82 Å². The maximum Gasteiger partial charge on any atom is 0.473 e. The van der Waals surface area contributed by atoms with Crippen LogP contribution in [0.5, 0.6) is 11.5 Å². The summed E-state index contributed by atoms with van der Waals surface area (Å²) >= 11 is 0. The average Bonchev–Trinajstić information content (AvgIpc) is 2.85. The molecule has 3 rings (SSSR count). The van der Waals surface area contributed by atoms with Gasteiger partial charge >= 0.3 is 13.8 Å². The van der Waals surface area contributed by atoms with E-state index >= 15 is 0 Å². The highest BCUT2D eigenvalue weighted by Gasteiger charge is 2.52. The number of rotatable bonds is 15. The van der Waals surface area contributed by atoms with E-state index in [-0.39, 0.29) is 48.7 Å². The van der Waals surface area contributed by atoms with Gasteiger partial charge in [0, 0.05) is 11.5 Å². The number of phenolic OH excluding ortho intramolecular Hbond substituents is 1. The number of carbonyl (C=O) groups is 1. The minimum atomic E-state index is -4.51. The lowest BCUT2D eigenvalue weighted by Gasteiger charge is -2.39. The Morgan fingerprint density at radius 3 is 2.40 bits per heavy atom. The van der Waals surface area contributed by atoms with E-state index in [1.54, 1.807) is 6.07 Å². The molecule has 3 atom stereocenters. The zero-order chi connectivity index (χ0) is 29.5. The van der Waals surface area contributed by atoms with Crippen LogP contribution in [-0.2, 0) is 24.8 Å². The monoisotopic (exact) mass is 576 g/mol. The molecule has 0 saturated heterocycles. The van der Waals surface area contributed by atoms with Gasteiger partial charge in [0.1, 0.15) is 11.5 Å². The SMILES string of the molecule is C=C(C)[C@@H]1CCC(C)=C[C@H]1c1c(O)cc(CCC)cc1OC(=O)C1(OP(=O)(O)OCC(CCC)CCC)CCC1. The molecule has 0 heterocycles. The molecule has 224 valence electrons. The Labute approximate surface area is 240 Å². The zero-order valence-electron chi connectivity index (χ0n) is 25.0. The zero-order valence-corrected chi connectivity index (χ0v) is 25.9. The first-order valence-electron chi connectivity index (χ1n) is 15.0. The van der Waals surface area contributed by atoms with E-state index in [2.05, 4.69) is 33.4 Å². The van der Waals surface area contributed by atoms with Crippen molar-refractivity contribution in [2.45, 2.75) is 117 Å². The number of aromatic hydroxyl groups is 1. The Morgan fingerprint density at radius 2 is 1.85 bits per heavy atom. The predicted molar refractivity (Wildman–Crippen MR) is 159 cm³/mol. The van der Waals surface area contributed by atoms with Gasteiger partial charge in [-0.15, -0.1) is 0 Å². The fourth-order valence-corrected chi connectivity index (χ4v) is 7.17. The van der Waals surface area contributed by atoms with Crippen LogP contribution in [0.15, 0.2) is 35.9 Å². The second-order valence-electron chi connectivity index (χ2n) is 11.8. The summed E-state index contributed by atoms with van der Waals surface area (Å²) in [6.07, 6.45) is 10.4. The number of phosphoric acid groups is 1. The van der Waals surface area contributed by atoms with Crippen LogP contribution in [0.25, 0.3) is 0 Å². The summed E-state index contributed by atoms with van der Waals surface area (Å²) in [7, 11) is -4.51. The number of allylic oxidation sites excluding steroid dienone is 3. The van der Waals surface area contributed by atoms with E-state index in [1.165, 1.54) is 5.57 Å². The number of benzene rings is 1. The molecule has 2 N–H and O–H groups in total. The van der Waals surface area contributed by atoms with E-state index in [0.717, 1.165) is 56.1 Å². The van der Waals surface area contributed by atoms with Gasteiger partial charge in [0.2, 0.25) is 0 Å². The quantitative estimate of drug-likeness (QED) is 0.0933. The first-order chi connectivity index (χ1) is 18.9. The minimum absolute atomic E-state index is 0.0774. The molecule has 2 aliphatic carbocycles. The van der Waals surface area contributed by atoms with E-state index in [1.807, 2.05) is 19.9 Å². The maximum atomic E-state index is 13.7. The molecule has 40 heavy (non-hydrogen) atoms. The van der Waals surface area contributed by atoms with E-state index in [9.17, 15) is 19.4 Å². The van der Waals surface area contributed by atoms with Crippen LogP contribution in [0.1, 0.15) is 116 Å². The molecule has 2 aliphatic rings. The molecule has 0 bridgehead atoms. The molecule has 1 aromatic carbocycles. The molecule has 1 unspecified atom stereocenters. The lowest BCUT2D eigenvalue weighted by Crippen LogP contribution is -2.49. The third-order valence-electron chi connectivity index (χ3n) is 8.33. The Kier molecular flexibility index (Phi) is 11.7. The van der Waals surface area contributed by atoms with Gasteiger partial charge in [0.25, 0.3) is 0 Å². The van der Waals surface area contributed by atoms with Crippen molar-refractivity contribution < 1.29 is 33.1 Å². The van der Waals surface area contributed by atoms with Crippen molar-refractivity contribution in [1.82, 2.24) is 0 Å². The molecule has 1 saturated carbocycles.